The molecule has 14 aromatic rings. The quantitative estimate of drug-likeness (QED) is 0.170. The van der Waals surface area contributed by atoms with E-state index in [0.29, 0.717) is 5.56 Å². The van der Waals surface area contributed by atoms with Crippen molar-refractivity contribution in [2.24, 2.45) is 0 Å². The molecule has 0 atom stereocenters. The van der Waals surface area contributed by atoms with Gasteiger partial charge in [0.2, 0.25) is 0 Å². The molecule has 0 spiro atoms. The molecule has 0 aliphatic carbocycles. The molecule has 4 heterocycles. The fourth-order valence-electron chi connectivity index (χ4n) is 11.0. The normalized spacial score (nSPS) is 11.9. The number of fused-ring (bicyclic) bond motifs is 12. The minimum absolute atomic E-state index is 0.609. The van der Waals surface area contributed by atoms with Crippen molar-refractivity contribution in [3.63, 3.8) is 0 Å². The highest BCUT2D eigenvalue weighted by Gasteiger charge is 2.33. The Morgan fingerprint density at radius 1 is 0.303 bits per heavy atom. The summed E-state index contributed by atoms with van der Waals surface area (Å²) in [4.78, 5) is 0. The molecule has 306 valence electrons. The topological polar surface area (TPSA) is 38.6 Å². The highest BCUT2D eigenvalue weighted by Crippen LogP contribution is 2.52. The van der Waals surface area contributed by atoms with Gasteiger partial charge in [-0.3, -0.25) is 0 Å². The van der Waals surface area contributed by atoms with Gasteiger partial charge < -0.3 is 13.7 Å². The van der Waals surface area contributed by atoms with Crippen molar-refractivity contribution in [3.8, 4) is 45.4 Å². The predicted octanol–water partition coefficient (Wildman–Crippen LogP) is 16.6. The SMILES string of the molecule is N#Cc1c(-c2ccccc2)c(-n2c3ccccc3c3ccccc32)c(-n2c3ccccc3c3cc4c(cc32)sc2ccccc24)c(-n2c3ccccc3c3ccccc32)c1-c1ccccc1. The molecule has 0 fully saturated rings. The maximum atomic E-state index is 12.1. The van der Waals surface area contributed by atoms with Gasteiger partial charge in [-0.15, -0.1) is 11.3 Å². The van der Waals surface area contributed by atoms with Gasteiger partial charge in [0, 0.05) is 63.6 Å². The Labute approximate surface area is 383 Å². The van der Waals surface area contributed by atoms with Crippen LogP contribution in [0.25, 0.3) is 125 Å². The van der Waals surface area contributed by atoms with Gasteiger partial charge in [-0.25, -0.2) is 0 Å². The monoisotopic (exact) mass is 856 g/mol. The molecule has 0 unspecified atom stereocenters. The summed E-state index contributed by atoms with van der Waals surface area (Å²) in [5.74, 6) is 0. The summed E-state index contributed by atoms with van der Waals surface area (Å²) in [5, 5.41) is 21.6. The lowest BCUT2D eigenvalue weighted by atomic mass is 9.87. The second kappa shape index (κ2) is 14.2. The van der Waals surface area contributed by atoms with Gasteiger partial charge in [0.25, 0.3) is 0 Å². The van der Waals surface area contributed by atoms with Crippen molar-refractivity contribution in [2.75, 3.05) is 0 Å². The van der Waals surface area contributed by atoms with Gasteiger partial charge in [0.05, 0.1) is 55.7 Å². The van der Waals surface area contributed by atoms with Crippen molar-refractivity contribution in [3.05, 3.63) is 224 Å². The second-order valence-corrected chi connectivity index (χ2v) is 18.2. The van der Waals surface area contributed by atoms with Crippen LogP contribution in [-0.2, 0) is 0 Å². The smallest absolute Gasteiger partial charge is 0.101 e. The van der Waals surface area contributed by atoms with Crippen molar-refractivity contribution in [1.29, 1.82) is 5.26 Å². The predicted molar refractivity (Wildman–Crippen MR) is 278 cm³/mol. The van der Waals surface area contributed by atoms with Crippen LogP contribution in [0.3, 0.4) is 0 Å². The molecule has 66 heavy (non-hydrogen) atoms. The van der Waals surface area contributed by atoms with E-state index in [4.69, 9.17) is 0 Å². The molecular formula is C61H36N4S. The maximum Gasteiger partial charge on any atom is 0.101 e. The Morgan fingerprint density at radius 3 is 1.11 bits per heavy atom. The van der Waals surface area contributed by atoms with Gasteiger partial charge in [0.15, 0.2) is 0 Å². The minimum atomic E-state index is 0.609. The van der Waals surface area contributed by atoms with E-state index >= 15 is 0 Å². The number of aromatic nitrogens is 3. The molecule has 0 aliphatic rings. The fourth-order valence-corrected chi connectivity index (χ4v) is 12.1. The van der Waals surface area contributed by atoms with Crippen LogP contribution in [0.1, 0.15) is 5.56 Å². The number of hydrogen-bond donors (Lipinski definition) is 0. The summed E-state index contributed by atoms with van der Waals surface area (Å²) >= 11 is 1.84. The molecule has 0 bridgehead atoms. The van der Waals surface area contributed by atoms with E-state index in [0.717, 1.165) is 99.3 Å². The first-order valence-electron chi connectivity index (χ1n) is 22.3. The highest BCUT2D eigenvalue weighted by molar-refractivity contribution is 7.25. The molecule has 4 aromatic heterocycles. The summed E-state index contributed by atoms with van der Waals surface area (Å²) in [5.41, 5.74) is 13.6. The first-order chi connectivity index (χ1) is 32.8. The molecule has 0 saturated carbocycles. The summed E-state index contributed by atoms with van der Waals surface area (Å²) < 4.78 is 9.93. The Hall–Kier alpha value is -8.69. The molecule has 5 heteroatoms. The zero-order valence-corrected chi connectivity index (χ0v) is 36.3. The zero-order chi connectivity index (χ0) is 43.5. The lowest BCUT2D eigenvalue weighted by Crippen LogP contribution is -2.14. The number of thiophene rings is 1. The standard InChI is InChI=1S/C61H36N4S/c62-37-48-57(38-19-3-1-4-20-38)59(63-49-29-13-7-23-40(49)41-24-8-14-30-50(41)63)61(65-53-33-17-11-27-44(53)46-35-47-45-28-12-18-34-55(45)66-56(47)36-54(46)65)60(58(48)39-21-5-2-6-22-39)64-51-31-15-9-25-42(51)43-26-10-16-32-52(43)64/h1-36H. The van der Waals surface area contributed by atoms with Crippen LogP contribution >= 0.6 is 11.3 Å². The van der Waals surface area contributed by atoms with Crippen LogP contribution in [0.5, 0.6) is 0 Å². The minimum Gasteiger partial charge on any atom is -0.306 e. The summed E-state index contributed by atoms with van der Waals surface area (Å²) in [6.07, 6.45) is 0. The maximum absolute atomic E-state index is 12.1. The van der Waals surface area contributed by atoms with E-state index in [1.54, 1.807) is 0 Å². The number of hydrogen-bond acceptors (Lipinski definition) is 2. The summed E-state index contributed by atoms with van der Waals surface area (Å²) in [7, 11) is 0. The largest absolute Gasteiger partial charge is 0.306 e. The van der Waals surface area contributed by atoms with Crippen molar-refractivity contribution >= 4 is 96.9 Å². The molecule has 0 N–H and O–H groups in total. The summed E-state index contributed by atoms with van der Waals surface area (Å²) in [6.45, 7) is 0. The average molecular weight is 857 g/mol. The molecule has 0 amide bonds. The van der Waals surface area contributed by atoms with E-state index in [1.165, 1.54) is 25.6 Å². The van der Waals surface area contributed by atoms with Gasteiger partial charge in [-0.05, 0) is 59.7 Å². The van der Waals surface area contributed by atoms with E-state index in [1.807, 2.05) is 11.3 Å². The van der Waals surface area contributed by atoms with Crippen molar-refractivity contribution in [1.82, 2.24) is 13.7 Å². The fraction of sp³-hybridized carbons (Fsp3) is 0. The molecular weight excluding hydrogens is 821 g/mol. The lowest BCUT2D eigenvalue weighted by Gasteiger charge is -2.29. The number of nitriles is 1. The van der Waals surface area contributed by atoms with Gasteiger partial charge in [0.1, 0.15) is 6.07 Å². The van der Waals surface area contributed by atoms with Crippen LogP contribution < -0.4 is 0 Å². The average Bonchev–Trinajstić information content (AvgIpc) is 4.11. The van der Waals surface area contributed by atoms with Crippen LogP contribution in [0.4, 0.5) is 0 Å². The molecule has 0 radical (unpaired) electrons. The van der Waals surface area contributed by atoms with Crippen LogP contribution in [0.2, 0.25) is 0 Å². The van der Waals surface area contributed by atoms with Crippen LogP contribution in [0, 0.1) is 11.3 Å². The Morgan fingerprint density at radius 2 is 0.667 bits per heavy atom. The van der Waals surface area contributed by atoms with E-state index < -0.39 is 0 Å². The molecule has 4 nitrogen and oxygen atoms in total. The highest BCUT2D eigenvalue weighted by atomic mass is 32.1. The van der Waals surface area contributed by atoms with E-state index in [2.05, 4.69) is 238 Å². The molecule has 0 aliphatic heterocycles. The second-order valence-electron chi connectivity index (χ2n) is 17.1. The lowest BCUT2D eigenvalue weighted by molar-refractivity contribution is 1.05. The Bertz CT molecular complexity index is 4060. The number of para-hydroxylation sites is 5. The Balaban J connectivity index is 1.34. The van der Waals surface area contributed by atoms with Crippen molar-refractivity contribution in [2.45, 2.75) is 0 Å². The van der Waals surface area contributed by atoms with Crippen molar-refractivity contribution < 1.29 is 0 Å². The van der Waals surface area contributed by atoms with E-state index in [-0.39, 0.29) is 0 Å². The third-order valence-corrected chi connectivity index (χ3v) is 14.8. The number of rotatable bonds is 5. The molecule has 10 aromatic carbocycles. The number of nitrogens with zero attached hydrogens (tertiary/aromatic N) is 4. The van der Waals surface area contributed by atoms with Gasteiger partial charge in [-0.1, -0.05) is 170 Å². The Kier molecular flexibility index (Phi) is 7.88. The van der Waals surface area contributed by atoms with Gasteiger partial charge >= 0.3 is 0 Å². The third-order valence-electron chi connectivity index (χ3n) is 13.7. The van der Waals surface area contributed by atoms with E-state index in [9.17, 15) is 5.26 Å². The van der Waals surface area contributed by atoms with Crippen LogP contribution in [0.15, 0.2) is 218 Å². The first-order valence-corrected chi connectivity index (χ1v) is 23.2. The van der Waals surface area contributed by atoms with Gasteiger partial charge in [-0.2, -0.15) is 5.26 Å². The third kappa shape index (κ3) is 5.07. The number of benzene rings is 10. The molecule has 0 saturated heterocycles. The zero-order valence-electron chi connectivity index (χ0n) is 35.5. The first kappa shape index (κ1) is 36.8. The molecule has 14 rings (SSSR count). The van der Waals surface area contributed by atoms with Crippen LogP contribution in [-0.4, -0.2) is 13.7 Å². The summed E-state index contributed by atoms with van der Waals surface area (Å²) in [6, 6.07) is 81.4.